The van der Waals surface area contributed by atoms with Crippen LogP contribution in [0.4, 0.5) is 21.5 Å². The van der Waals surface area contributed by atoms with Crippen molar-refractivity contribution in [3.63, 3.8) is 0 Å². The number of fused-ring (bicyclic) bond motifs is 5. The molecule has 10 atom stereocenters. The third-order valence-electron chi connectivity index (χ3n) is 13.6. The molecule has 0 aliphatic heterocycles. The number of amides is 1. The summed E-state index contributed by atoms with van der Waals surface area (Å²) in [5.41, 5.74) is 14.8. The first-order valence-corrected chi connectivity index (χ1v) is 18.6. The molecule has 0 aromatic heterocycles. The Morgan fingerprint density at radius 2 is 1.49 bits per heavy atom. The predicted octanol–water partition coefficient (Wildman–Crippen LogP) is 9.51. The second kappa shape index (κ2) is 13.5. The molecule has 6 nitrogen and oxygen atoms in total. The molecule has 4 fully saturated rings. The van der Waals surface area contributed by atoms with Gasteiger partial charge >= 0.3 is 0 Å². The van der Waals surface area contributed by atoms with E-state index in [-0.39, 0.29) is 34.8 Å². The summed E-state index contributed by atoms with van der Waals surface area (Å²) in [4.78, 5) is 12.8. The number of ether oxygens (including phenoxy) is 2. The van der Waals surface area contributed by atoms with Gasteiger partial charge in [-0.3, -0.25) is 4.79 Å². The van der Waals surface area contributed by atoms with E-state index in [1.54, 1.807) is 12.1 Å². The van der Waals surface area contributed by atoms with E-state index in [9.17, 15) is 9.18 Å². The number of hydrogen-bond donors (Lipinski definition) is 3. The van der Waals surface area contributed by atoms with Crippen LogP contribution in [0.2, 0.25) is 0 Å². The minimum Gasteiger partial charge on any atom is -0.490 e. The van der Waals surface area contributed by atoms with Crippen LogP contribution >= 0.6 is 0 Å². The van der Waals surface area contributed by atoms with Crippen molar-refractivity contribution in [2.75, 3.05) is 16.8 Å². The van der Waals surface area contributed by atoms with E-state index < -0.39 is 0 Å². The van der Waals surface area contributed by atoms with Crippen LogP contribution in [0.1, 0.15) is 85.0 Å². The van der Waals surface area contributed by atoms with Crippen molar-refractivity contribution in [2.45, 2.75) is 97.2 Å². The fourth-order valence-corrected chi connectivity index (χ4v) is 11.3. The summed E-state index contributed by atoms with van der Waals surface area (Å²) in [5.74, 6) is 4.78. The van der Waals surface area contributed by atoms with E-state index in [1.165, 1.54) is 37.8 Å². The number of nitrogen functional groups attached to an aromatic ring is 2. The number of rotatable bonds is 9. The molecule has 0 spiro atoms. The van der Waals surface area contributed by atoms with Crippen molar-refractivity contribution in [1.29, 1.82) is 0 Å². The number of hydrogen-bond acceptors (Lipinski definition) is 5. The normalized spacial score (nSPS) is 34.2. The zero-order valence-corrected chi connectivity index (χ0v) is 29.4. The van der Waals surface area contributed by atoms with Gasteiger partial charge in [-0.2, -0.15) is 0 Å². The maximum atomic E-state index is 13.3. The lowest BCUT2D eigenvalue weighted by atomic mass is 9.43. The highest BCUT2D eigenvalue weighted by Crippen LogP contribution is 2.68. The maximum absolute atomic E-state index is 13.3. The van der Waals surface area contributed by atoms with E-state index in [0.29, 0.717) is 47.6 Å². The smallest absolute Gasteiger partial charge is 0.224 e. The monoisotopic (exact) mass is 667 g/mol. The second-order valence-electron chi connectivity index (χ2n) is 16.3. The minimum atomic E-state index is -0.300. The van der Waals surface area contributed by atoms with Gasteiger partial charge in [0.2, 0.25) is 5.91 Å². The van der Waals surface area contributed by atoms with E-state index >= 15 is 0 Å². The van der Waals surface area contributed by atoms with Gasteiger partial charge in [-0.1, -0.05) is 32.9 Å². The Labute approximate surface area is 291 Å². The number of benzene rings is 3. The number of anilines is 3. The van der Waals surface area contributed by atoms with E-state index in [4.69, 9.17) is 20.9 Å². The summed E-state index contributed by atoms with van der Waals surface area (Å²) in [6.45, 7) is 7.50. The Morgan fingerprint density at radius 1 is 0.837 bits per heavy atom. The maximum Gasteiger partial charge on any atom is 0.224 e. The Balaban J connectivity index is 1.08. The molecule has 49 heavy (non-hydrogen) atoms. The van der Waals surface area contributed by atoms with Crippen LogP contribution < -0.4 is 26.3 Å². The topological polar surface area (TPSA) is 99.6 Å². The van der Waals surface area contributed by atoms with Crippen LogP contribution in [0.5, 0.6) is 11.5 Å². The third-order valence-corrected chi connectivity index (χ3v) is 13.6. The molecule has 0 bridgehead atoms. The number of carbonyl (C=O) groups excluding carboxylic acids is 1. The van der Waals surface area contributed by atoms with Gasteiger partial charge in [0.05, 0.1) is 6.10 Å². The summed E-state index contributed by atoms with van der Waals surface area (Å²) >= 11 is 0. The van der Waals surface area contributed by atoms with Gasteiger partial charge in [-0.25, -0.2) is 4.39 Å². The van der Waals surface area contributed by atoms with Crippen LogP contribution in [-0.2, 0) is 4.79 Å². The van der Waals surface area contributed by atoms with Gasteiger partial charge in [-0.05, 0) is 147 Å². The fraction of sp³-hybridized carbons (Fsp3) is 0.548. The molecular weight excluding hydrogens is 613 g/mol. The average molecular weight is 668 g/mol. The van der Waals surface area contributed by atoms with Gasteiger partial charge in [0.25, 0.3) is 0 Å². The lowest BCUT2D eigenvalue weighted by Crippen LogP contribution is -2.59. The largest absolute Gasteiger partial charge is 0.490 e. The van der Waals surface area contributed by atoms with Crippen LogP contribution in [0, 0.1) is 52.2 Å². The van der Waals surface area contributed by atoms with Crippen LogP contribution in [0.15, 0.2) is 72.8 Å². The molecule has 4 aliphatic rings. The molecule has 1 amide bonds. The zero-order chi connectivity index (χ0) is 34.3. The number of nitrogens with one attached hydrogen (secondary N) is 1. The first kappa shape index (κ1) is 33.7. The summed E-state index contributed by atoms with van der Waals surface area (Å²) in [5, 5.41) is 2.95. The summed E-state index contributed by atoms with van der Waals surface area (Å²) < 4.78 is 26.9. The molecular formula is C42H54FN3O3. The van der Waals surface area contributed by atoms with Gasteiger partial charge in [-0.15, -0.1) is 0 Å². The van der Waals surface area contributed by atoms with Gasteiger partial charge < -0.3 is 26.3 Å². The fourth-order valence-electron chi connectivity index (χ4n) is 11.3. The van der Waals surface area contributed by atoms with Crippen molar-refractivity contribution < 1.29 is 18.7 Å². The Bertz CT molecular complexity index is 1630. The van der Waals surface area contributed by atoms with E-state index in [1.807, 2.05) is 48.5 Å². The Morgan fingerprint density at radius 3 is 2.18 bits per heavy atom. The molecule has 3 unspecified atom stereocenters. The highest BCUT2D eigenvalue weighted by molar-refractivity contribution is 5.90. The molecule has 4 aliphatic carbocycles. The van der Waals surface area contributed by atoms with Crippen molar-refractivity contribution in [3.05, 3.63) is 78.6 Å². The lowest BCUT2D eigenvalue weighted by molar-refractivity contribution is -0.164. The van der Waals surface area contributed by atoms with Crippen molar-refractivity contribution >= 4 is 23.0 Å². The number of nitrogens with two attached hydrogens (primary N) is 2. The SMILES string of the molecule is C[C@H](CCC(=O)Nc1ccc(F)cc1)[C@H]1CC[C@H]2[C@@H]3CC(Oc4cccc(N)c4)C4CC(Oc5cccc(N)c5)CC[C@]4(C)[C@H]3CC[C@]12C. The van der Waals surface area contributed by atoms with Crippen LogP contribution in [0.3, 0.4) is 0 Å². The van der Waals surface area contributed by atoms with Crippen molar-refractivity contribution in [3.8, 4) is 11.5 Å². The first-order chi connectivity index (χ1) is 23.5. The molecule has 0 radical (unpaired) electrons. The first-order valence-electron chi connectivity index (χ1n) is 18.6. The molecule has 0 heterocycles. The second-order valence-corrected chi connectivity index (χ2v) is 16.3. The molecule has 0 saturated heterocycles. The van der Waals surface area contributed by atoms with E-state index in [0.717, 1.165) is 55.0 Å². The molecule has 4 saturated carbocycles. The predicted molar refractivity (Wildman–Crippen MR) is 195 cm³/mol. The number of halogens is 1. The standard InChI is InChI=1S/C42H54FN3O3/c1-26(10-17-40(47)46-30-13-11-27(43)12-14-30)35-15-16-36-34-25-39(49-32-9-5-7-29(45)23-32)38-24-33(48-31-8-4-6-28(44)22-31)18-20-42(38,3)37(34)19-21-41(35,36)2/h4-9,11-14,22-23,26,33-39H,10,15-21,24-25,44-45H2,1-3H3,(H,46,47)/t26-,33?,34+,35-,36+,37+,38?,39?,41-,42-/m1/s1. The van der Waals surface area contributed by atoms with Crippen molar-refractivity contribution in [1.82, 2.24) is 0 Å². The zero-order valence-electron chi connectivity index (χ0n) is 29.4. The Hall–Kier alpha value is -3.74. The third kappa shape index (κ3) is 6.74. The molecule has 3 aromatic rings. The van der Waals surface area contributed by atoms with Crippen LogP contribution in [-0.4, -0.2) is 18.1 Å². The van der Waals surface area contributed by atoms with Gasteiger partial charge in [0, 0.05) is 41.5 Å². The molecule has 5 N–H and O–H groups in total. The number of carbonyl (C=O) groups is 1. The Kier molecular flexibility index (Phi) is 9.31. The van der Waals surface area contributed by atoms with Crippen molar-refractivity contribution in [2.24, 2.45) is 46.3 Å². The van der Waals surface area contributed by atoms with Gasteiger partial charge in [0.1, 0.15) is 23.4 Å². The minimum absolute atomic E-state index is 0.00460. The molecule has 7 heteroatoms. The molecule has 3 aromatic carbocycles. The highest BCUT2D eigenvalue weighted by Gasteiger charge is 2.63. The molecule has 262 valence electrons. The van der Waals surface area contributed by atoms with E-state index in [2.05, 4.69) is 26.1 Å². The van der Waals surface area contributed by atoms with Gasteiger partial charge in [0.15, 0.2) is 0 Å². The average Bonchev–Trinajstić information content (AvgIpc) is 3.43. The quantitative estimate of drug-likeness (QED) is 0.198. The molecule has 7 rings (SSSR count). The summed E-state index contributed by atoms with van der Waals surface area (Å²) in [7, 11) is 0. The summed E-state index contributed by atoms with van der Waals surface area (Å²) in [6, 6.07) is 21.7. The highest BCUT2D eigenvalue weighted by atomic mass is 19.1. The summed E-state index contributed by atoms with van der Waals surface area (Å²) in [6.07, 6.45) is 10.8. The lowest BCUT2D eigenvalue weighted by Gasteiger charge is -2.63. The van der Waals surface area contributed by atoms with Crippen LogP contribution in [0.25, 0.3) is 0 Å².